The van der Waals surface area contributed by atoms with E-state index in [-0.39, 0.29) is 0 Å². The van der Waals surface area contributed by atoms with Gasteiger partial charge in [-0.3, -0.25) is 4.68 Å². The molecule has 2 heterocycles. The number of nitrogens with two attached hydrogens (primary N) is 1. The van der Waals surface area contributed by atoms with Gasteiger partial charge >= 0.3 is 0 Å². The summed E-state index contributed by atoms with van der Waals surface area (Å²) in [6, 6.07) is 1.92. The first-order valence-corrected chi connectivity index (χ1v) is 5.81. The molecule has 4 N–H and O–H groups in total. The molecule has 2 aromatic heterocycles. The zero-order valence-corrected chi connectivity index (χ0v) is 10.3. The SMILES string of the molecule is Cc1c(NN)ncnc1NCCCn1cccn1. The smallest absolute Gasteiger partial charge is 0.148 e. The highest BCUT2D eigenvalue weighted by Crippen LogP contribution is 2.16. The van der Waals surface area contributed by atoms with Crippen molar-refractivity contribution in [1.29, 1.82) is 0 Å². The fourth-order valence-electron chi connectivity index (χ4n) is 1.65. The van der Waals surface area contributed by atoms with Gasteiger partial charge in [0.1, 0.15) is 18.0 Å². The van der Waals surface area contributed by atoms with E-state index in [0.717, 1.165) is 30.9 Å². The zero-order valence-electron chi connectivity index (χ0n) is 10.3. The first kappa shape index (κ1) is 12.3. The number of nitrogens with one attached hydrogen (secondary N) is 2. The van der Waals surface area contributed by atoms with Crippen molar-refractivity contribution in [3.05, 3.63) is 30.4 Å². The van der Waals surface area contributed by atoms with Crippen molar-refractivity contribution in [1.82, 2.24) is 19.7 Å². The molecule has 7 nitrogen and oxygen atoms in total. The van der Waals surface area contributed by atoms with Crippen LogP contribution in [-0.2, 0) is 6.54 Å². The highest BCUT2D eigenvalue weighted by atomic mass is 15.3. The summed E-state index contributed by atoms with van der Waals surface area (Å²) < 4.78 is 1.90. The number of hydrogen-bond donors (Lipinski definition) is 3. The Kier molecular flexibility index (Phi) is 4.08. The highest BCUT2D eigenvalue weighted by molar-refractivity contribution is 5.55. The Morgan fingerprint density at radius 3 is 2.89 bits per heavy atom. The van der Waals surface area contributed by atoms with E-state index in [4.69, 9.17) is 5.84 Å². The van der Waals surface area contributed by atoms with Gasteiger partial charge in [0.25, 0.3) is 0 Å². The molecule has 0 unspecified atom stereocenters. The van der Waals surface area contributed by atoms with Crippen molar-refractivity contribution in [2.75, 3.05) is 17.3 Å². The third kappa shape index (κ3) is 2.95. The summed E-state index contributed by atoms with van der Waals surface area (Å²) in [7, 11) is 0. The van der Waals surface area contributed by atoms with Crippen LogP contribution in [0.5, 0.6) is 0 Å². The molecule has 0 aliphatic heterocycles. The van der Waals surface area contributed by atoms with Crippen molar-refractivity contribution < 1.29 is 0 Å². The summed E-state index contributed by atoms with van der Waals surface area (Å²) in [5.74, 6) is 6.80. The van der Waals surface area contributed by atoms with E-state index in [1.807, 2.05) is 23.9 Å². The van der Waals surface area contributed by atoms with Crippen molar-refractivity contribution >= 4 is 11.6 Å². The van der Waals surface area contributed by atoms with Gasteiger partial charge < -0.3 is 10.7 Å². The number of rotatable bonds is 6. The number of nitrogen functional groups attached to an aromatic ring is 1. The number of hydrogen-bond acceptors (Lipinski definition) is 6. The lowest BCUT2D eigenvalue weighted by molar-refractivity contribution is 0.591. The monoisotopic (exact) mass is 247 g/mol. The molecule has 0 fully saturated rings. The van der Waals surface area contributed by atoms with Gasteiger partial charge in [-0.05, 0) is 19.4 Å². The van der Waals surface area contributed by atoms with E-state index in [1.165, 1.54) is 6.33 Å². The standard InChI is InChI=1S/C11H17N7/c1-9-10(14-8-15-11(9)17-12)13-4-2-6-18-7-3-5-16-18/h3,5,7-8H,2,4,6,12H2,1H3,(H2,13,14,15,17). The minimum absolute atomic E-state index is 0.638. The predicted octanol–water partition coefficient (Wildman–Crippen LogP) is 0.769. The molecular weight excluding hydrogens is 230 g/mol. The average molecular weight is 247 g/mol. The lowest BCUT2D eigenvalue weighted by atomic mass is 10.3. The molecule has 0 aliphatic carbocycles. The lowest BCUT2D eigenvalue weighted by Gasteiger charge is -2.10. The molecule has 0 saturated heterocycles. The quantitative estimate of drug-likeness (QED) is 0.396. The molecule has 96 valence electrons. The van der Waals surface area contributed by atoms with Gasteiger partial charge in [-0.2, -0.15) is 5.10 Å². The topological polar surface area (TPSA) is 93.7 Å². The van der Waals surface area contributed by atoms with Crippen molar-refractivity contribution in [2.24, 2.45) is 5.84 Å². The first-order chi connectivity index (χ1) is 8.81. The van der Waals surface area contributed by atoms with Gasteiger partial charge in [0, 0.05) is 31.0 Å². The summed E-state index contributed by atoms with van der Waals surface area (Å²) in [6.07, 6.45) is 6.18. The van der Waals surface area contributed by atoms with Crippen LogP contribution in [0.25, 0.3) is 0 Å². The molecule has 0 amide bonds. The second-order valence-corrected chi connectivity index (χ2v) is 3.89. The first-order valence-electron chi connectivity index (χ1n) is 5.81. The highest BCUT2D eigenvalue weighted by Gasteiger charge is 2.04. The molecule has 0 saturated carbocycles. The fraction of sp³-hybridized carbons (Fsp3) is 0.364. The second-order valence-electron chi connectivity index (χ2n) is 3.89. The molecule has 2 aromatic rings. The van der Waals surface area contributed by atoms with Crippen LogP contribution >= 0.6 is 0 Å². The molecule has 0 bridgehead atoms. The van der Waals surface area contributed by atoms with Crippen molar-refractivity contribution in [3.63, 3.8) is 0 Å². The van der Waals surface area contributed by atoms with Crippen LogP contribution in [0.2, 0.25) is 0 Å². The number of anilines is 2. The molecule has 0 aliphatic rings. The minimum atomic E-state index is 0.638. The predicted molar refractivity (Wildman–Crippen MR) is 69.9 cm³/mol. The van der Waals surface area contributed by atoms with Crippen LogP contribution in [-0.4, -0.2) is 26.3 Å². The van der Waals surface area contributed by atoms with E-state index in [1.54, 1.807) is 6.20 Å². The number of aromatic nitrogens is 4. The van der Waals surface area contributed by atoms with Gasteiger partial charge in [-0.1, -0.05) is 0 Å². The van der Waals surface area contributed by atoms with Gasteiger partial charge in [0.05, 0.1) is 0 Å². The Morgan fingerprint density at radius 2 is 2.17 bits per heavy atom. The molecule has 0 spiro atoms. The molecule has 0 radical (unpaired) electrons. The maximum absolute atomic E-state index is 5.36. The Bertz CT molecular complexity index is 480. The Labute approximate surface area is 105 Å². The summed E-state index contributed by atoms with van der Waals surface area (Å²) in [4.78, 5) is 8.21. The van der Waals surface area contributed by atoms with Crippen LogP contribution in [0.4, 0.5) is 11.6 Å². The molecule has 7 heteroatoms. The molecule has 18 heavy (non-hydrogen) atoms. The molecule has 0 aromatic carbocycles. The van der Waals surface area contributed by atoms with E-state index in [9.17, 15) is 0 Å². The third-order valence-corrected chi connectivity index (χ3v) is 2.64. The van der Waals surface area contributed by atoms with Gasteiger partial charge in [0.15, 0.2) is 0 Å². The van der Waals surface area contributed by atoms with Crippen LogP contribution in [0, 0.1) is 6.92 Å². The van der Waals surface area contributed by atoms with E-state index < -0.39 is 0 Å². The Morgan fingerprint density at radius 1 is 1.33 bits per heavy atom. The van der Waals surface area contributed by atoms with Gasteiger partial charge in [-0.15, -0.1) is 0 Å². The normalized spacial score (nSPS) is 10.3. The summed E-state index contributed by atoms with van der Waals surface area (Å²) >= 11 is 0. The van der Waals surface area contributed by atoms with Crippen LogP contribution in [0.3, 0.4) is 0 Å². The Hall–Kier alpha value is -2.15. The largest absolute Gasteiger partial charge is 0.370 e. The maximum atomic E-state index is 5.36. The minimum Gasteiger partial charge on any atom is -0.370 e. The van der Waals surface area contributed by atoms with Crippen LogP contribution < -0.4 is 16.6 Å². The third-order valence-electron chi connectivity index (χ3n) is 2.64. The van der Waals surface area contributed by atoms with Crippen molar-refractivity contribution in [3.8, 4) is 0 Å². The van der Waals surface area contributed by atoms with E-state index >= 15 is 0 Å². The lowest BCUT2D eigenvalue weighted by Crippen LogP contribution is -2.13. The number of nitrogens with zero attached hydrogens (tertiary/aromatic N) is 4. The van der Waals surface area contributed by atoms with Crippen LogP contribution in [0.1, 0.15) is 12.0 Å². The van der Waals surface area contributed by atoms with Gasteiger partial charge in [-0.25, -0.2) is 15.8 Å². The number of aryl methyl sites for hydroxylation is 1. The second kappa shape index (κ2) is 5.97. The van der Waals surface area contributed by atoms with Crippen molar-refractivity contribution in [2.45, 2.75) is 19.9 Å². The van der Waals surface area contributed by atoms with E-state index in [0.29, 0.717) is 5.82 Å². The summed E-state index contributed by atoms with van der Waals surface area (Å²) in [5, 5.41) is 7.40. The van der Waals surface area contributed by atoms with Crippen LogP contribution in [0.15, 0.2) is 24.8 Å². The summed E-state index contributed by atoms with van der Waals surface area (Å²) in [6.45, 7) is 3.62. The fourth-order valence-corrected chi connectivity index (χ4v) is 1.65. The molecular formula is C11H17N7. The van der Waals surface area contributed by atoms with E-state index in [2.05, 4.69) is 25.8 Å². The Balaban J connectivity index is 1.83. The average Bonchev–Trinajstić information content (AvgIpc) is 2.89. The zero-order chi connectivity index (χ0) is 12.8. The molecule has 2 rings (SSSR count). The van der Waals surface area contributed by atoms with Gasteiger partial charge in [0.2, 0.25) is 0 Å². The summed E-state index contributed by atoms with van der Waals surface area (Å²) in [5.41, 5.74) is 3.46. The maximum Gasteiger partial charge on any atom is 0.148 e. The number of hydrazine groups is 1. The molecule has 0 atom stereocenters.